The molecule has 2 unspecified atom stereocenters. The Bertz CT molecular complexity index is 1090. The van der Waals surface area contributed by atoms with Crippen LogP contribution in [0.2, 0.25) is 0 Å². The number of aliphatic hydroxyl groups excluding tert-OH is 1. The molecule has 40 heavy (non-hydrogen) atoms. The van der Waals surface area contributed by atoms with Gasteiger partial charge in [-0.25, -0.2) is 0 Å². The van der Waals surface area contributed by atoms with Crippen molar-refractivity contribution < 1.29 is 29.0 Å². The Morgan fingerprint density at radius 2 is 1.85 bits per heavy atom. The Morgan fingerprint density at radius 1 is 1.15 bits per heavy atom. The van der Waals surface area contributed by atoms with Crippen molar-refractivity contribution in [3.05, 3.63) is 49.6 Å². The number of anilines is 2. The van der Waals surface area contributed by atoms with Gasteiger partial charge in [-0.05, 0) is 70.2 Å². The second kappa shape index (κ2) is 13.0. The molecule has 3 fully saturated rings. The summed E-state index contributed by atoms with van der Waals surface area (Å²) in [6.45, 7) is 14.1. The zero-order valence-electron chi connectivity index (χ0n) is 23.8. The summed E-state index contributed by atoms with van der Waals surface area (Å²) >= 11 is 0. The molecule has 1 aromatic carbocycles. The molecule has 4 rings (SSSR count). The molecule has 3 aliphatic rings. The first-order valence-corrected chi connectivity index (χ1v) is 14.5. The minimum Gasteiger partial charge on any atom is -0.465 e. The fourth-order valence-electron chi connectivity index (χ4n) is 6.71. The number of hydrogen-bond acceptors (Lipinski definition) is 7. The van der Waals surface area contributed by atoms with Crippen LogP contribution in [0, 0.1) is 11.8 Å². The van der Waals surface area contributed by atoms with Gasteiger partial charge in [-0.15, -0.1) is 13.2 Å². The topological polar surface area (TPSA) is 99.6 Å². The third-order valence-electron chi connectivity index (χ3n) is 8.53. The Labute approximate surface area is 237 Å². The van der Waals surface area contributed by atoms with Crippen molar-refractivity contribution in [1.29, 1.82) is 0 Å². The molecule has 5 atom stereocenters. The molecule has 3 saturated heterocycles. The molecule has 3 heterocycles. The lowest BCUT2D eigenvalue weighted by atomic mass is 9.70. The van der Waals surface area contributed by atoms with Gasteiger partial charge in [-0.3, -0.25) is 14.4 Å². The van der Waals surface area contributed by atoms with Gasteiger partial charge in [-0.1, -0.05) is 12.2 Å². The highest BCUT2D eigenvalue weighted by atomic mass is 16.6. The quantitative estimate of drug-likeness (QED) is 0.202. The molecule has 1 N–H and O–H groups in total. The van der Waals surface area contributed by atoms with Crippen molar-refractivity contribution in [2.24, 2.45) is 11.8 Å². The number of likely N-dealkylation sites (tertiary alicyclic amines) is 1. The van der Waals surface area contributed by atoms with E-state index in [1.807, 2.05) is 24.3 Å². The lowest BCUT2D eigenvalue weighted by Gasteiger charge is -2.37. The molecule has 0 saturated carbocycles. The smallest absolute Gasteiger partial charge is 0.312 e. The molecule has 2 amide bonds. The van der Waals surface area contributed by atoms with Gasteiger partial charge in [-0.2, -0.15) is 0 Å². The maximum Gasteiger partial charge on any atom is 0.312 e. The molecule has 9 heteroatoms. The van der Waals surface area contributed by atoms with Crippen LogP contribution in [-0.2, 0) is 23.9 Å². The van der Waals surface area contributed by atoms with Crippen LogP contribution in [0.5, 0.6) is 0 Å². The highest BCUT2D eigenvalue weighted by Crippen LogP contribution is 2.59. The highest BCUT2D eigenvalue weighted by Gasteiger charge is 2.75. The molecular formula is C31H43N3O6. The average molecular weight is 554 g/mol. The number of ether oxygens (including phenoxy) is 2. The maximum atomic E-state index is 14.4. The van der Waals surface area contributed by atoms with Crippen LogP contribution >= 0.6 is 0 Å². The van der Waals surface area contributed by atoms with E-state index in [4.69, 9.17) is 9.47 Å². The van der Waals surface area contributed by atoms with Crippen LogP contribution in [0.3, 0.4) is 0 Å². The van der Waals surface area contributed by atoms with E-state index < -0.39 is 35.6 Å². The van der Waals surface area contributed by atoms with E-state index in [0.29, 0.717) is 31.4 Å². The van der Waals surface area contributed by atoms with Crippen molar-refractivity contribution in [2.75, 3.05) is 49.2 Å². The van der Waals surface area contributed by atoms with Gasteiger partial charge >= 0.3 is 5.97 Å². The first-order valence-electron chi connectivity index (χ1n) is 14.5. The van der Waals surface area contributed by atoms with E-state index >= 15 is 0 Å². The summed E-state index contributed by atoms with van der Waals surface area (Å²) in [4.78, 5) is 47.0. The zero-order chi connectivity index (χ0) is 28.9. The number of allylic oxidation sites excluding steroid dienone is 1. The van der Waals surface area contributed by atoms with Crippen LogP contribution < -0.4 is 9.80 Å². The predicted octanol–water partition coefficient (Wildman–Crippen LogP) is 3.32. The van der Waals surface area contributed by atoms with Crippen LogP contribution in [0.1, 0.15) is 46.0 Å². The van der Waals surface area contributed by atoms with Crippen LogP contribution in [-0.4, -0.2) is 84.9 Å². The lowest BCUT2D eigenvalue weighted by molar-refractivity contribution is -0.155. The van der Waals surface area contributed by atoms with Gasteiger partial charge in [0, 0.05) is 44.2 Å². The first-order chi connectivity index (χ1) is 19.4. The number of esters is 1. The lowest BCUT2D eigenvalue weighted by Crippen LogP contribution is -2.56. The van der Waals surface area contributed by atoms with Gasteiger partial charge in [0.1, 0.15) is 11.6 Å². The van der Waals surface area contributed by atoms with Gasteiger partial charge in [0.15, 0.2) is 0 Å². The first kappa shape index (κ1) is 29.8. The Hall–Kier alpha value is -3.17. The van der Waals surface area contributed by atoms with Crippen molar-refractivity contribution in [3.8, 4) is 0 Å². The monoisotopic (exact) mass is 553 g/mol. The number of benzene rings is 1. The van der Waals surface area contributed by atoms with Gasteiger partial charge in [0.25, 0.3) is 5.91 Å². The third-order valence-corrected chi connectivity index (χ3v) is 8.53. The molecule has 0 aromatic heterocycles. The summed E-state index contributed by atoms with van der Waals surface area (Å²) in [6.07, 6.45) is 5.75. The standard InChI is InChI=1S/C31H43N3O6/c1-5-9-10-21-39-30(38)25-24-16-17-31(40-24)26(25)28(36)34(19-11-20-35)27(31)29(37)33(18-6-2)23-14-12-22(13-15-23)32(7-3)8-4/h5-6,12-15,24-27,35H,1-2,7-11,16-21H2,3-4H3/t24-,25+,26+,27?,31?/m1/s1. The molecule has 218 valence electrons. The van der Waals surface area contributed by atoms with Crippen LogP contribution in [0.4, 0.5) is 11.4 Å². The third kappa shape index (κ3) is 5.29. The molecule has 0 aliphatic carbocycles. The van der Waals surface area contributed by atoms with Crippen LogP contribution in [0.25, 0.3) is 0 Å². The van der Waals surface area contributed by atoms with E-state index in [2.05, 4.69) is 31.9 Å². The molecule has 1 spiro atoms. The number of rotatable bonds is 15. The molecule has 3 aliphatic heterocycles. The fourth-order valence-corrected chi connectivity index (χ4v) is 6.71. The normalized spacial score (nSPS) is 26.5. The average Bonchev–Trinajstić information content (AvgIpc) is 3.61. The van der Waals surface area contributed by atoms with Crippen molar-refractivity contribution >= 4 is 29.2 Å². The van der Waals surface area contributed by atoms with E-state index in [0.717, 1.165) is 25.2 Å². The molecule has 9 nitrogen and oxygen atoms in total. The molecule has 2 bridgehead atoms. The van der Waals surface area contributed by atoms with E-state index in [-0.39, 0.29) is 38.1 Å². The maximum absolute atomic E-state index is 14.4. The Kier molecular flexibility index (Phi) is 9.68. The largest absolute Gasteiger partial charge is 0.465 e. The minimum atomic E-state index is -1.11. The number of nitrogens with zero attached hydrogens (tertiary/aromatic N) is 3. The number of carbonyl (C=O) groups excluding carboxylic acids is 3. The van der Waals surface area contributed by atoms with Gasteiger partial charge in [0.2, 0.25) is 5.91 Å². The summed E-state index contributed by atoms with van der Waals surface area (Å²) in [6, 6.07) is 6.89. The van der Waals surface area contributed by atoms with E-state index in [9.17, 15) is 19.5 Å². The molecule has 0 radical (unpaired) electrons. The van der Waals surface area contributed by atoms with Crippen LogP contribution in [0.15, 0.2) is 49.6 Å². The number of hydrogen-bond donors (Lipinski definition) is 1. The number of fused-ring (bicyclic) bond motifs is 1. The fraction of sp³-hybridized carbons (Fsp3) is 0.581. The second-order valence-corrected chi connectivity index (χ2v) is 10.7. The van der Waals surface area contributed by atoms with Gasteiger partial charge < -0.3 is 29.3 Å². The number of amides is 2. The predicted molar refractivity (Wildman–Crippen MR) is 154 cm³/mol. The summed E-state index contributed by atoms with van der Waals surface area (Å²) in [7, 11) is 0. The Morgan fingerprint density at radius 3 is 2.48 bits per heavy atom. The van der Waals surface area contributed by atoms with E-state index in [1.54, 1.807) is 17.1 Å². The van der Waals surface area contributed by atoms with Crippen molar-refractivity contribution in [3.63, 3.8) is 0 Å². The zero-order valence-corrected chi connectivity index (χ0v) is 23.8. The number of aliphatic hydroxyl groups is 1. The van der Waals surface area contributed by atoms with Crippen molar-refractivity contribution in [1.82, 2.24) is 4.90 Å². The van der Waals surface area contributed by atoms with Gasteiger partial charge in [0.05, 0.1) is 24.5 Å². The van der Waals surface area contributed by atoms with E-state index in [1.165, 1.54) is 4.90 Å². The summed E-state index contributed by atoms with van der Waals surface area (Å²) in [5.74, 6) is -2.54. The summed E-state index contributed by atoms with van der Waals surface area (Å²) in [5.41, 5.74) is 0.645. The molecule has 1 aromatic rings. The second-order valence-electron chi connectivity index (χ2n) is 10.7. The summed E-state index contributed by atoms with van der Waals surface area (Å²) < 4.78 is 12.0. The molecular weight excluding hydrogens is 510 g/mol. The summed E-state index contributed by atoms with van der Waals surface area (Å²) in [5, 5.41) is 9.57. The number of carbonyl (C=O) groups is 3. The SMILES string of the molecule is C=CCCCOC(=O)[C@@H]1[C@H]2C(=O)N(CCCO)C(C(=O)N(CC=C)c3ccc(N(CC)CC)cc3)C23CC[C@H]1O3. The highest BCUT2D eigenvalue weighted by molar-refractivity contribution is 6.04. The van der Waals surface area contributed by atoms with Crippen molar-refractivity contribution in [2.45, 2.75) is 63.7 Å². The number of unbranched alkanes of at least 4 members (excludes halogenated alkanes) is 1. The minimum absolute atomic E-state index is 0.121. The Balaban J connectivity index is 1.66.